The second kappa shape index (κ2) is 14.1. The van der Waals surface area contributed by atoms with Crippen LogP contribution in [0.2, 0.25) is 5.02 Å². The zero-order chi connectivity index (χ0) is 35.1. The molecule has 0 saturated carbocycles. The van der Waals surface area contributed by atoms with E-state index in [0.717, 1.165) is 18.0 Å². The zero-order valence-electron chi connectivity index (χ0n) is 26.3. The van der Waals surface area contributed by atoms with Gasteiger partial charge >= 0.3 is 0 Å². The van der Waals surface area contributed by atoms with Gasteiger partial charge in [-0.05, 0) is 29.8 Å². The zero-order valence-corrected chi connectivity index (χ0v) is 29.5. The van der Waals surface area contributed by atoms with E-state index in [1.165, 1.54) is 17.6 Å². The van der Waals surface area contributed by atoms with Gasteiger partial charge in [0.2, 0.25) is 5.82 Å². The van der Waals surface area contributed by atoms with Gasteiger partial charge in [-0.25, -0.2) is 38.7 Å². The highest BCUT2D eigenvalue weighted by Gasteiger charge is 2.28. The third-order valence-corrected chi connectivity index (χ3v) is 9.85. The molecule has 18 heteroatoms. The van der Waals surface area contributed by atoms with Gasteiger partial charge in [-0.15, -0.1) is 11.3 Å². The first-order valence-electron chi connectivity index (χ1n) is 15.6. The summed E-state index contributed by atoms with van der Waals surface area (Å²) >= 11 is 10.8. The molecule has 1 atom stereocenters. The van der Waals surface area contributed by atoms with Gasteiger partial charge in [-0.1, -0.05) is 27.5 Å². The van der Waals surface area contributed by atoms with Crippen molar-refractivity contribution >= 4 is 50.5 Å². The first kappa shape index (κ1) is 33.5. The van der Waals surface area contributed by atoms with Gasteiger partial charge in [-0.2, -0.15) is 0 Å². The number of thiazole rings is 1. The molecule has 6 aromatic rings. The standard InChI is InChI=1S/C33H25BrClF2N9O4S/c34-18-10-19(27(47)20(35)11-18)24-15-50-32(41-24)29-40-13-22(37)31(44-29)46-5-8-49-26(14-46)17-1-2-38-23(9-17)33-42-25(16-51-33)28-39-12-21(36)30(43-28)45-3-6-48-7-4-45/h1-2,9-13,15-16,26,47H,3-8,14H2. The molecule has 0 aliphatic carbocycles. The Bertz CT molecular complexity index is 2240. The summed E-state index contributed by atoms with van der Waals surface area (Å²) in [5.41, 5.74) is 2.56. The van der Waals surface area contributed by atoms with Crippen LogP contribution in [0.1, 0.15) is 11.7 Å². The molecule has 7 heterocycles. The minimum Gasteiger partial charge on any atom is -0.506 e. The molecule has 8 rings (SSSR count). The Morgan fingerprint density at radius 2 is 1.61 bits per heavy atom. The fourth-order valence-corrected chi connectivity index (χ4v) is 7.30. The van der Waals surface area contributed by atoms with Crippen LogP contribution in [0.15, 0.2) is 63.4 Å². The SMILES string of the molecule is Oc1c(Cl)cc(Br)cc1-c1coc(-c2ncc(F)c(N3CCOC(c4ccnc(-c5nc(-c6ncc(F)c(N7CCOCC7)n6)cs5)c4)C3)n2)n1. The van der Waals surface area contributed by atoms with Crippen LogP contribution in [0, 0.1) is 11.6 Å². The largest absolute Gasteiger partial charge is 0.506 e. The lowest BCUT2D eigenvalue weighted by molar-refractivity contribution is 0.0392. The first-order valence-corrected chi connectivity index (χ1v) is 17.7. The molecule has 0 amide bonds. The summed E-state index contributed by atoms with van der Waals surface area (Å²) in [6.07, 6.45) is 4.80. The Morgan fingerprint density at radius 3 is 2.43 bits per heavy atom. The molecule has 0 bridgehead atoms. The van der Waals surface area contributed by atoms with Gasteiger partial charge < -0.3 is 28.8 Å². The molecule has 1 N–H and O–H groups in total. The van der Waals surface area contributed by atoms with Gasteiger partial charge in [0.05, 0.1) is 42.9 Å². The number of nitrogens with zero attached hydrogens (tertiary/aromatic N) is 9. The number of pyridine rings is 1. The van der Waals surface area contributed by atoms with Crippen LogP contribution in [0.4, 0.5) is 20.4 Å². The Hall–Kier alpha value is -4.68. The fourth-order valence-electron chi connectivity index (χ4n) is 5.72. The fraction of sp³-hybridized carbons (Fsp3) is 0.242. The highest BCUT2D eigenvalue weighted by Crippen LogP contribution is 2.39. The van der Waals surface area contributed by atoms with E-state index in [2.05, 4.69) is 45.8 Å². The van der Waals surface area contributed by atoms with Crippen LogP contribution in [-0.4, -0.2) is 86.0 Å². The highest BCUT2D eigenvalue weighted by molar-refractivity contribution is 9.10. The lowest BCUT2D eigenvalue weighted by Crippen LogP contribution is -2.39. The lowest BCUT2D eigenvalue weighted by Gasteiger charge is -2.34. The van der Waals surface area contributed by atoms with Crippen LogP contribution < -0.4 is 9.80 Å². The Morgan fingerprint density at radius 1 is 0.863 bits per heavy atom. The van der Waals surface area contributed by atoms with Crippen molar-refractivity contribution in [2.24, 2.45) is 0 Å². The summed E-state index contributed by atoms with van der Waals surface area (Å²) in [5, 5.41) is 13.0. The number of aromatic nitrogens is 7. The average molecular weight is 797 g/mol. The number of aromatic hydroxyl groups is 1. The molecular formula is C33H25BrClF2N9O4S. The number of rotatable bonds is 7. The first-order chi connectivity index (χ1) is 24.8. The van der Waals surface area contributed by atoms with E-state index in [9.17, 15) is 9.50 Å². The van der Waals surface area contributed by atoms with Crippen molar-refractivity contribution in [1.82, 2.24) is 34.9 Å². The van der Waals surface area contributed by atoms with Crippen LogP contribution in [0.25, 0.3) is 45.2 Å². The number of ether oxygens (including phenoxy) is 2. The Labute approximate surface area is 306 Å². The van der Waals surface area contributed by atoms with Gasteiger partial charge in [0.1, 0.15) is 34.5 Å². The van der Waals surface area contributed by atoms with Gasteiger partial charge in [-0.3, -0.25) is 4.98 Å². The molecule has 2 aliphatic rings. The van der Waals surface area contributed by atoms with Crippen molar-refractivity contribution in [3.63, 3.8) is 0 Å². The number of oxazole rings is 1. The predicted molar refractivity (Wildman–Crippen MR) is 188 cm³/mol. The van der Waals surface area contributed by atoms with E-state index >= 15 is 4.39 Å². The summed E-state index contributed by atoms with van der Waals surface area (Å²) in [7, 11) is 0. The van der Waals surface area contributed by atoms with Crippen molar-refractivity contribution in [2.75, 3.05) is 55.8 Å². The molecule has 13 nitrogen and oxygen atoms in total. The summed E-state index contributed by atoms with van der Waals surface area (Å²) in [5.74, 6) is -0.573. The number of hydrogen-bond acceptors (Lipinski definition) is 14. The maximum absolute atomic E-state index is 15.2. The minimum atomic E-state index is -0.617. The third kappa shape index (κ3) is 6.86. The summed E-state index contributed by atoms with van der Waals surface area (Å²) in [4.78, 5) is 34.5. The smallest absolute Gasteiger partial charge is 0.265 e. The average Bonchev–Trinajstić information content (AvgIpc) is 3.86. The number of anilines is 2. The number of phenols is 1. The number of morpholine rings is 2. The lowest BCUT2D eigenvalue weighted by atomic mass is 10.1. The van der Waals surface area contributed by atoms with Gasteiger partial charge in [0.15, 0.2) is 29.1 Å². The van der Waals surface area contributed by atoms with Crippen LogP contribution in [0.3, 0.4) is 0 Å². The normalized spacial score (nSPS) is 16.5. The molecule has 2 fully saturated rings. The van der Waals surface area contributed by atoms with E-state index in [0.29, 0.717) is 77.4 Å². The molecule has 0 radical (unpaired) electrons. The third-order valence-electron chi connectivity index (χ3n) is 8.24. The Balaban J connectivity index is 1.01. The summed E-state index contributed by atoms with van der Waals surface area (Å²) in [6, 6.07) is 6.92. The molecule has 0 spiro atoms. The molecule has 260 valence electrons. The minimum absolute atomic E-state index is 0.0384. The van der Waals surface area contributed by atoms with E-state index in [1.807, 2.05) is 22.4 Å². The van der Waals surface area contributed by atoms with Crippen molar-refractivity contribution in [2.45, 2.75) is 6.10 Å². The Kier molecular flexibility index (Phi) is 9.28. The predicted octanol–water partition coefficient (Wildman–Crippen LogP) is 6.59. The second-order valence-corrected chi connectivity index (χ2v) is 13.7. The molecule has 2 saturated heterocycles. The van der Waals surface area contributed by atoms with E-state index < -0.39 is 17.7 Å². The summed E-state index contributed by atoms with van der Waals surface area (Å²) < 4.78 is 47.6. The van der Waals surface area contributed by atoms with Gasteiger partial charge in [0.25, 0.3) is 5.89 Å². The molecule has 51 heavy (non-hydrogen) atoms. The molecule has 1 unspecified atom stereocenters. The monoisotopic (exact) mass is 795 g/mol. The number of phenolic OH excluding ortho intramolecular Hbond substituents is 1. The molecule has 1 aromatic carbocycles. The van der Waals surface area contributed by atoms with Crippen LogP contribution in [0.5, 0.6) is 5.75 Å². The topological polar surface area (TPSA) is 149 Å². The van der Waals surface area contributed by atoms with E-state index in [-0.39, 0.29) is 40.7 Å². The van der Waals surface area contributed by atoms with Crippen molar-refractivity contribution in [1.29, 1.82) is 0 Å². The number of halogens is 4. The van der Waals surface area contributed by atoms with Crippen molar-refractivity contribution in [3.8, 4) is 50.9 Å². The van der Waals surface area contributed by atoms with Crippen LogP contribution >= 0.6 is 38.9 Å². The quantitative estimate of drug-likeness (QED) is 0.185. The second-order valence-electron chi connectivity index (χ2n) is 11.5. The highest BCUT2D eigenvalue weighted by atomic mass is 79.9. The maximum atomic E-state index is 15.2. The van der Waals surface area contributed by atoms with E-state index in [4.69, 9.17) is 30.5 Å². The molecular weight excluding hydrogens is 772 g/mol. The van der Waals surface area contributed by atoms with Crippen LogP contribution in [-0.2, 0) is 9.47 Å². The van der Waals surface area contributed by atoms with Gasteiger partial charge in [0, 0.05) is 47.8 Å². The van der Waals surface area contributed by atoms with Crippen molar-refractivity contribution in [3.05, 3.63) is 81.2 Å². The molecule has 2 aliphatic heterocycles. The molecule has 5 aromatic heterocycles. The summed E-state index contributed by atoms with van der Waals surface area (Å²) in [6.45, 7) is 3.05. The number of benzene rings is 1. The van der Waals surface area contributed by atoms with Crippen molar-refractivity contribution < 1.29 is 27.8 Å². The van der Waals surface area contributed by atoms with E-state index in [1.54, 1.807) is 23.2 Å². The maximum Gasteiger partial charge on any atom is 0.265 e. The number of hydrogen-bond donors (Lipinski definition) is 1.